The van der Waals surface area contributed by atoms with Crippen molar-refractivity contribution in [1.82, 2.24) is 15.2 Å². The highest BCUT2D eigenvalue weighted by atomic mass is 16.5. The lowest BCUT2D eigenvalue weighted by molar-refractivity contribution is 0.355. The standard InChI is InChI=1S/C17H18N4O2/c1-10-8-11(4-6-13(10)18)16-19-17(21-20-16)12-5-7-14(22-2)15(9-12)23-3/h4-9H,18H2,1-3H3,(H,19,20,21). The Bertz CT molecular complexity index is 842. The fraction of sp³-hybridized carbons (Fsp3) is 0.176. The number of aryl methyl sites for hydroxylation is 1. The molecule has 0 radical (unpaired) electrons. The van der Waals surface area contributed by atoms with E-state index in [4.69, 9.17) is 15.2 Å². The average Bonchev–Trinajstić information content (AvgIpc) is 3.06. The van der Waals surface area contributed by atoms with Crippen molar-refractivity contribution in [2.24, 2.45) is 0 Å². The van der Waals surface area contributed by atoms with Gasteiger partial charge in [-0.1, -0.05) is 0 Å². The van der Waals surface area contributed by atoms with Gasteiger partial charge in [0, 0.05) is 16.8 Å². The van der Waals surface area contributed by atoms with Gasteiger partial charge in [-0.05, 0) is 48.9 Å². The summed E-state index contributed by atoms with van der Waals surface area (Å²) in [5, 5.41) is 7.24. The fourth-order valence-electron chi connectivity index (χ4n) is 2.32. The molecule has 0 atom stereocenters. The molecule has 2 aromatic carbocycles. The van der Waals surface area contributed by atoms with Crippen LogP contribution >= 0.6 is 0 Å². The van der Waals surface area contributed by atoms with Crippen molar-refractivity contribution in [3.8, 4) is 34.3 Å². The molecular weight excluding hydrogens is 292 g/mol. The highest BCUT2D eigenvalue weighted by Crippen LogP contribution is 2.31. The Kier molecular flexibility index (Phi) is 3.89. The first kappa shape index (κ1) is 14.9. The molecule has 0 spiro atoms. The van der Waals surface area contributed by atoms with Crippen molar-refractivity contribution in [3.05, 3.63) is 42.0 Å². The van der Waals surface area contributed by atoms with E-state index >= 15 is 0 Å². The molecule has 0 fully saturated rings. The zero-order valence-electron chi connectivity index (χ0n) is 13.3. The molecule has 118 valence electrons. The number of aromatic nitrogens is 3. The molecule has 3 rings (SSSR count). The SMILES string of the molecule is COc1ccc(-c2nc(-c3ccc(N)c(C)c3)n[nH]2)cc1OC. The van der Waals surface area contributed by atoms with Crippen LogP contribution in [-0.2, 0) is 0 Å². The largest absolute Gasteiger partial charge is 0.493 e. The van der Waals surface area contributed by atoms with Gasteiger partial charge < -0.3 is 15.2 Å². The van der Waals surface area contributed by atoms with E-state index in [0.717, 1.165) is 22.4 Å². The summed E-state index contributed by atoms with van der Waals surface area (Å²) in [6.07, 6.45) is 0. The molecule has 1 heterocycles. The molecule has 0 aliphatic heterocycles. The van der Waals surface area contributed by atoms with Crippen LogP contribution in [0.15, 0.2) is 36.4 Å². The summed E-state index contributed by atoms with van der Waals surface area (Å²) in [4.78, 5) is 4.55. The van der Waals surface area contributed by atoms with E-state index in [1.807, 2.05) is 43.3 Å². The van der Waals surface area contributed by atoms with Crippen LogP contribution in [0.1, 0.15) is 5.56 Å². The number of nitrogens with two attached hydrogens (primary N) is 1. The third-order valence-corrected chi connectivity index (χ3v) is 3.67. The second-order valence-electron chi connectivity index (χ2n) is 5.15. The van der Waals surface area contributed by atoms with Gasteiger partial charge in [0.15, 0.2) is 23.1 Å². The Morgan fingerprint density at radius 2 is 1.70 bits per heavy atom. The highest BCUT2D eigenvalue weighted by Gasteiger charge is 2.11. The Labute approximate surface area is 134 Å². The van der Waals surface area contributed by atoms with E-state index in [0.29, 0.717) is 23.1 Å². The van der Waals surface area contributed by atoms with Crippen molar-refractivity contribution in [2.45, 2.75) is 6.92 Å². The third kappa shape index (κ3) is 2.83. The van der Waals surface area contributed by atoms with E-state index in [9.17, 15) is 0 Å². The number of H-pyrrole nitrogens is 1. The van der Waals surface area contributed by atoms with Gasteiger partial charge in [-0.25, -0.2) is 4.98 Å². The maximum atomic E-state index is 5.85. The zero-order chi connectivity index (χ0) is 16.4. The van der Waals surface area contributed by atoms with Gasteiger partial charge >= 0.3 is 0 Å². The van der Waals surface area contributed by atoms with Crippen LogP contribution in [-0.4, -0.2) is 29.4 Å². The summed E-state index contributed by atoms with van der Waals surface area (Å²) in [7, 11) is 3.21. The van der Waals surface area contributed by atoms with Gasteiger partial charge in [0.2, 0.25) is 0 Å². The minimum absolute atomic E-state index is 0.623. The number of ether oxygens (including phenoxy) is 2. The topological polar surface area (TPSA) is 86.0 Å². The monoisotopic (exact) mass is 310 g/mol. The van der Waals surface area contributed by atoms with E-state index in [1.54, 1.807) is 14.2 Å². The number of benzene rings is 2. The summed E-state index contributed by atoms with van der Waals surface area (Å²) in [6.45, 7) is 1.96. The first-order valence-corrected chi connectivity index (χ1v) is 7.13. The first-order valence-electron chi connectivity index (χ1n) is 7.13. The van der Waals surface area contributed by atoms with E-state index in [1.165, 1.54) is 0 Å². The molecule has 3 N–H and O–H groups in total. The van der Waals surface area contributed by atoms with Gasteiger partial charge in [-0.3, -0.25) is 5.10 Å². The molecule has 6 heteroatoms. The van der Waals surface area contributed by atoms with E-state index in [-0.39, 0.29) is 0 Å². The Morgan fingerprint density at radius 3 is 2.39 bits per heavy atom. The summed E-state index contributed by atoms with van der Waals surface area (Å²) in [6, 6.07) is 11.3. The molecular formula is C17H18N4O2. The maximum absolute atomic E-state index is 5.85. The summed E-state index contributed by atoms with van der Waals surface area (Å²) in [5.41, 5.74) is 9.39. The van der Waals surface area contributed by atoms with Crippen molar-refractivity contribution >= 4 is 5.69 Å². The number of nitrogens with one attached hydrogen (secondary N) is 1. The quantitative estimate of drug-likeness (QED) is 0.723. The lowest BCUT2D eigenvalue weighted by Crippen LogP contribution is -1.91. The molecule has 0 unspecified atom stereocenters. The van der Waals surface area contributed by atoms with Crippen LogP contribution in [0, 0.1) is 6.92 Å². The molecule has 0 aliphatic carbocycles. The van der Waals surface area contributed by atoms with Crippen LogP contribution in [0.3, 0.4) is 0 Å². The van der Waals surface area contributed by atoms with Crippen molar-refractivity contribution in [3.63, 3.8) is 0 Å². The smallest absolute Gasteiger partial charge is 0.181 e. The van der Waals surface area contributed by atoms with Gasteiger partial charge in [0.05, 0.1) is 14.2 Å². The number of aromatic amines is 1. The summed E-state index contributed by atoms with van der Waals surface area (Å²) >= 11 is 0. The summed E-state index contributed by atoms with van der Waals surface area (Å²) < 4.78 is 10.6. The second kappa shape index (κ2) is 6.00. The van der Waals surface area contributed by atoms with Gasteiger partial charge in [-0.2, -0.15) is 5.10 Å². The molecule has 0 aliphatic rings. The average molecular weight is 310 g/mol. The molecule has 3 aromatic rings. The van der Waals surface area contributed by atoms with Crippen LogP contribution < -0.4 is 15.2 Å². The minimum atomic E-state index is 0.623. The van der Waals surface area contributed by atoms with Crippen LogP contribution in [0.4, 0.5) is 5.69 Å². The third-order valence-electron chi connectivity index (χ3n) is 3.67. The van der Waals surface area contributed by atoms with Crippen LogP contribution in [0.2, 0.25) is 0 Å². The zero-order valence-corrected chi connectivity index (χ0v) is 13.3. The van der Waals surface area contributed by atoms with Crippen molar-refractivity contribution < 1.29 is 9.47 Å². The van der Waals surface area contributed by atoms with E-state index in [2.05, 4.69) is 15.2 Å². The number of anilines is 1. The number of hydrogen-bond acceptors (Lipinski definition) is 5. The molecule has 0 bridgehead atoms. The number of methoxy groups -OCH3 is 2. The number of nitrogens with zero attached hydrogens (tertiary/aromatic N) is 2. The van der Waals surface area contributed by atoms with Crippen molar-refractivity contribution in [1.29, 1.82) is 0 Å². The number of rotatable bonds is 4. The molecule has 6 nitrogen and oxygen atoms in total. The summed E-state index contributed by atoms with van der Waals surface area (Å²) in [5.74, 6) is 2.60. The Morgan fingerprint density at radius 1 is 0.957 bits per heavy atom. The predicted molar refractivity (Wildman–Crippen MR) is 89.5 cm³/mol. The number of hydrogen-bond donors (Lipinski definition) is 2. The van der Waals surface area contributed by atoms with Gasteiger partial charge in [0.25, 0.3) is 0 Å². The molecule has 0 amide bonds. The predicted octanol–water partition coefficient (Wildman–Crippen LogP) is 3.05. The van der Waals surface area contributed by atoms with Gasteiger partial charge in [-0.15, -0.1) is 0 Å². The highest BCUT2D eigenvalue weighted by molar-refractivity contribution is 5.66. The molecule has 1 aromatic heterocycles. The van der Waals surface area contributed by atoms with Gasteiger partial charge in [0.1, 0.15) is 0 Å². The minimum Gasteiger partial charge on any atom is -0.493 e. The van der Waals surface area contributed by atoms with E-state index < -0.39 is 0 Å². The molecule has 23 heavy (non-hydrogen) atoms. The first-order chi connectivity index (χ1) is 11.1. The van der Waals surface area contributed by atoms with Crippen LogP contribution in [0.5, 0.6) is 11.5 Å². The lowest BCUT2D eigenvalue weighted by Gasteiger charge is -2.08. The Balaban J connectivity index is 1.97. The van der Waals surface area contributed by atoms with Crippen molar-refractivity contribution in [2.75, 3.05) is 20.0 Å². The molecule has 0 saturated heterocycles. The normalized spacial score (nSPS) is 10.6. The molecule has 0 saturated carbocycles. The fourth-order valence-corrected chi connectivity index (χ4v) is 2.32. The number of nitrogen functional groups attached to an aromatic ring is 1. The maximum Gasteiger partial charge on any atom is 0.181 e. The lowest BCUT2D eigenvalue weighted by atomic mass is 10.1. The second-order valence-corrected chi connectivity index (χ2v) is 5.15. The Hall–Kier alpha value is -3.02. The van der Waals surface area contributed by atoms with Crippen LogP contribution in [0.25, 0.3) is 22.8 Å².